The number of hydrogen-bond donors (Lipinski definition) is 1. The molecule has 2 rings (SSSR count). The van der Waals surface area contributed by atoms with Crippen LogP contribution < -0.4 is 5.32 Å². The van der Waals surface area contributed by atoms with Gasteiger partial charge in [-0.15, -0.1) is 0 Å². The first kappa shape index (κ1) is 15.5. The molecule has 112 valence electrons. The summed E-state index contributed by atoms with van der Waals surface area (Å²) in [5.74, 6) is 2.32. The van der Waals surface area contributed by atoms with Crippen molar-refractivity contribution in [3.8, 4) is 11.4 Å². The van der Waals surface area contributed by atoms with Crippen LogP contribution in [-0.2, 0) is 6.42 Å². The van der Waals surface area contributed by atoms with Crippen LogP contribution in [0.4, 0.5) is 5.82 Å². The topological polar surface area (TPSA) is 37.8 Å². The minimum absolute atomic E-state index is 0.585. The van der Waals surface area contributed by atoms with Crippen LogP contribution >= 0.6 is 0 Å². The first-order valence-electron chi connectivity index (χ1n) is 7.69. The Morgan fingerprint density at radius 3 is 2.48 bits per heavy atom. The van der Waals surface area contributed by atoms with E-state index in [1.807, 2.05) is 0 Å². The summed E-state index contributed by atoms with van der Waals surface area (Å²) in [6.07, 6.45) is 0.971. The molecular formula is C18H25N3. The Hall–Kier alpha value is -1.90. The minimum atomic E-state index is 0.585. The van der Waals surface area contributed by atoms with Crippen molar-refractivity contribution in [1.82, 2.24) is 9.97 Å². The van der Waals surface area contributed by atoms with Gasteiger partial charge in [0.15, 0.2) is 5.82 Å². The predicted molar refractivity (Wildman–Crippen MR) is 89.6 cm³/mol. The molecule has 21 heavy (non-hydrogen) atoms. The lowest BCUT2D eigenvalue weighted by atomic mass is 10.0. The van der Waals surface area contributed by atoms with Crippen LogP contribution in [0.1, 0.15) is 37.6 Å². The molecule has 0 bridgehead atoms. The number of anilines is 1. The van der Waals surface area contributed by atoms with Crippen LogP contribution in [0.25, 0.3) is 11.4 Å². The summed E-state index contributed by atoms with van der Waals surface area (Å²) >= 11 is 0. The highest BCUT2D eigenvalue weighted by Crippen LogP contribution is 2.23. The van der Waals surface area contributed by atoms with Crippen molar-refractivity contribution in [3.63, 3.8) is 0 Å². The monoisotopic (exact) mass is 283 g/mol. The lowest BCUT2D eigenvalue weighted by Crippen LogP contribution is -2.06. The molecule has 0 aliphatic carbocycles. The summed E-state index contributed by atoms with van der Waals surface area (Å²) < 4.78 is 0. The molecule has 0 aliphatic heterocycles. The van der Waals surface area contributed by atoms with Gasteiger partial charge in [0.2, 0.25) is 0 Å². The predicted octanol–water partition coefficient (Wildman–Crippen LogP) is 4.39. The number of rotatable bonds is 5. The Morgan fingerprint density at radius 1 is 1.10 bits per heavy atom. The maximum Gasteiger partial charge on any atom is 0.162 e. The number of aromatic nitrogens is 2. The van der Waals surface area contributed by atoms with E-state index < -0.39 is 0 Å². The quantitative estimate of drug-likeness (QED) is 0.884. The molecule has 1 aromatic carbocycles. The van der Waals surface area contributed by atoms with Gasteiger partial charge in [-0.1, -0.05) is 37.6 Å². The Kier molecular flexibility index (Phi) is 4.94. The van der Waals surface area contributed by atoms with Crippen molar-refractivity contribution in [2.24, 2.45) is 5.92 Å². The number of nitrogens with one attached hydrogen (secondary N) is 1. The molecule has 0 atom stereocenters. The van der Waals surface area contributed by atoms with Crippen LogP contribution in [-0.4, -0.2) is 16.5 Å². The number of nitrogens with zero attached hydrogens (tertiary/aromatic N) is 2. The molecule has 0 aliphatic rings. The highest BCUT2D eigenvalue weighted by molar-refractivity contribution is 5.62. The van der Waals surface area contributed by atoms with Crippen molar-refractivity contribution in [1.29, 1.82) is 0 Å². The van der Waals surface area contributed by atoms with E-state index in [0.29, 0.717) is 5.92 Å². The Bertz CT molecular complexity index is 618. The summed E-state index contributed by atoms with van der Waals surface area (Å²) in [5.41, 5.74) is 4.71. The molecule has 3 heteroatoms. The van der Waals surface area contributed by atoms with Crippen LogP contribution in [0.15, 0.2) is 24.3 Å². The molecule has 0 saturated heterocycles. The van der Waals surface area contributed by atoms with E-state index >= 15 is 0 Å². The Labute approximate surface area is 127 Å². The van der Waals surface area contributed by atoms with Crippen molar-refractivity contribution in [3.05, 3.63) is 41.1 Å². The molecule has 1 N–H and O–H groups in total. The van der Waals surface area contributed by atoms with Crippen molar-refractivity contribution in [2.45, 2.75) is 41.0 Å². The van der Waals surface area contributed by atoms with E-state index in [0.717, 1.165) is 35.9 Å². The van der Waals surface area contributed by atoms with Gasteiger partial charge in [0.1, 0.15) is 5.82 Å². The third-order valence-corrected chi connectivity index (χ3v) is 3.38. The van der Waals surface area contributed by atoms with E-state index in [2.05, 4.69) is 69.2 Å². The highest BCUT2D eigenvalue weighted by atomic mass is 15.0. The van der Waals surface area contributed by atoms with Crippen LogP contribution in [0, 0.1) is 19.8 Å². The Morgan fingerprint density at radius 2 is 1.86 bits per heavy atom. The van der Waals surface area contributed by atoms with Gasteiger partial charge < -0.3 is 5.32 Å². The number of hydrogen-bond acceptors (Lipinski definition) is 3. The molecule has 0 radical (unpaired) electrons. The smallest absolute Gasteiger partial charge is 0.162 e. The van der Waals surface area contributed by atoms with E-state index in [1.165, 1.54) is 11.1 Å². The van der Waals surface area contributed by atoms with Gasteiger partial charge in [0.05, 0.1) is 0 Å². The molecule has 0 saturated carbocycles. The molecule has 2 aromatic rings. The molecule has 0 amide bonds. The summed E-state index contributed by atoms with van der Waals surface area (Å²) in [4.78, 5) is 9.43. The number of benzene rings is 1. The summed E-state index contributed by atoms with van der Waals surface area (Å²) in [5, 5.41) is 3.31. The standard InChI is InChI=1S/C18H25N3/c1-6-19-17-11-15(9-12(2)3)20-18(21-17)16-8-7-13(4)10-14(16)5/h7-8,10-12H,6,9H2,1-5H3,(H,19,20,21). The van der Waals surface area contributed by atoms with E-state index in [-0.39, 0.29) is 0 Å². The van der Waals surface area contributed by atoms with Gasteiger partial charge >= 0.3 is 0 Å². The van der Waals surface area contributed by atoms with Crippen molar-refractivity contribution in [2.75, 3.05) is 11.9 Å². The largest absolute Gasteiger partial charge is 0.370 e. The van der Waals surface area contributed by atoms with Gasteiger partial charge in [-0.2, -0.15) is 0 Å². The van der Waals surface area contributed by atoms with E-state index in [1.54, 1.807) is 0 Å². The zero-order chi connectivity index (χ0) is 15.4. The third-order valence-electron chi connectivity index (χ3n) is 3.38. The zero-order valence-corrected chi connectivity index (χ0v) is 13.7. The first-order valence-corrected chi connectivity index (χ1v) is 7.69. The molecular weight excluding hydrogens is 258 g/mol. The zero-order valence-electron chi connectivity index (χ0n) is 13.7. The summed E-state index contributed by atoms with van der Waals surface area (Å²) in [6.45, 7) is 11.6. The fourth-order valence-corrected chi connectivity index (χ4v) is 2.48. The second-order valence-corrected chi connectivity index (χ2v) is 6.01. The van der Waals surface area contributed by atoms with Gasteiger partial charge in [-0.3, -0.25) is 0 Å². The van der Waals surface area contributed by atoms with Crippen molar-refractivity contribution >= 4 is 5.82 Å². The number of aryl methyl sites for hydroxylation is 2. The fourth-order valence-electron chi connectivity index (χ4n) is 2.48. The van der Waals surface area contributed by atoms with Gasteiger partial charge in [-0.05, 0) is 38.7 Å². The maximum atomic E-state index is 4.77. The van der Waals surface area contributed by atoms with E-state index in [9.17, 15) is 0 Å². The molecule has 3 nitrogen and oxygen atoms in total. The average molecular weight is 283 g/mol. The SMILES string of the molecule is CCNc1cc(CC(C)C)nc(-c2ccc(C)cc2C)n1. The molecule has 1 heterocycles. The molecule has 0 spiro atoms. The maximum absolute atomic E-state index is 4.77. The Balaban J connectivity index is 2.48. The van der Waals surface area contributed by atoms with Crippen LogP contribution in [0.2, 0.25) is 0 Å². The molecule has 0 fully saturated rings. The second-order valence-electron chi connectivity index (χ2n) is 6.01. The minimum Gasteiger partial charge on any atom is -0.370 e. The lowest BCUT2D eigenvalue weighted by Gasteiger charge is -2.12. The summed E-state index contributed by atoms with van der Waals surface area (Å²) in [7, 11) is 0. The van der Waals surface area contributed by atoms with Gasteiger partial charge in [0.25, 0.3) is 0 Å². The van der Waals surface area contributed by atoms with Crippen molar-refractivity contribution < 1.29 is 0 Å². The van der Waals surface area contributed by atoms with Crippen LogP contribution in [0.3, 0.4) is 0 Å². The first-order chi connectivity index (χ1) is 9.99. The average Bonchev–Trinajstić information content (AvgIpc) is 2.37. The summed E-state index contributed by atoms with van der Waals surface area (Å²) in [6, 6.07) is 8.49. The molecule has 0 unspecified atom stereocenters. The van der Waals surface area contributed by atoms with Crippen LogP contribution in [0.5, 0.6) is 0 Å². The fraction of sp³-hybridized carbons (Fsp3) is 0.444. The lowest BCUT2D eigenvalue weighted by molar-refractivity contribution is 0.635. The second kappa shape index (κ2) is 6.70. The van der Waals surface area contributed by atoms with E-state index in [4.69, 9.17) is 4.98 Å². The normalized spacial score (nSPS) is 11.0. The van der Waals surface area contributed by atoms with Gasteiger partial charge in [-0.25, -0.2) is 9.97 Å². The molecule has 1 aromatic heterocycles. The van der Waals surface area contributed by atoms with Gasteiger partial charge in [0, 0.05) is 23.9 Å². The third kappa shape index (κ3) is 4.03. The highest BCUT2D eigenvalue weighted by Gasteiger charge is 2.10.